The third-order valence-electron chi connectivity index (χ3n) is 6.43. The summed E-state index contributed by atoms with van der Waals surface area (Å²) < 4.78 is 36.3. The molecule has 0 N–H and O–H groups in total. The number of rotatable bonds is 8. The van der Waals surface area contributed by atoms with Crippen LogP contribution in [0.3, 0.4) is 0 Å². The van der Waals surface area contributed by atoms with Crippen molar-refractivity contribution < 1.29 is 31.9 Å². The van der Waals surface area contributed by atoms with E-state index in [0.717, 1.165) is 34.2 Å². The van der Waals surface area contributed by atoms with E-state index >= 15 is 0 Å². The van der Waals surface area contributed by atoms with Gasteiger partial charge in [-0.1, -0.05) is 54.6 Å². The van der Waals surface area contributed by atoms with E-state index in [4.69, 9.17) is 8.92 Å². The summed E-state index contributed by atoms with van der Waals surface area (Å²) in [5, 5.41) is 12.8. The topological polar surface area (TPSA) is 133 Å². The number of methoxy groups -OCH3 is 1. The third-order valence-corrected chi connectivity index (χ3v) is 8.57. The molecule has 1 heterocycles. The molecule has 12 heteroatoms. The first-order valence-electron chi connectivity index (χ1n) is 12.2. The number of ether oxygens (including phenoxy) is 1. The van der Waals surface area contributed by atoms with E-state index in [0.29, 0.717) is 11.1 Å². The molecule has 4 aromatic rings. The lowest BCUT2D eigenvalue weighted by Gasteiger charge is -2.14. The summed E-state index contributed by atoms with van der Waals surface area (Å²) in [4.78, 5) is 37.5. The van der Waals surface area contributed by atoms with Gasteiger partial charge in [-0.05, 0) is 64.9 Å². The molecular weight excluding hydrogens is 568 g/mol. The summed E-state index contributed by atoms with van der Waals surface area (Å²) in [6.45, 7) is 1.62. The molecule has 0 saturated carbocycles. The molecule has 41 heavy (non-hydrogen) atoms. The van der Waals surface area contributed by atoms with Crippen LogP contribution in [0.25, 0.3) is 16.8 Å². The fraction of sp³-hybridized carbons (Fsp3) is 0.103. The van der Waals surface area contributed by atoms with Crippen molar-refractivity contribution in [1.29, 1.82) is 0 Å². The summed E-state index contributed by atoms with van der Waals surface area (Å²) >= 11 is 0.807. The number of aryl methyl sites for hydroxylation is 1. The van der Waals surface area contributed by atoms with E-state index in [9.17, 15) is 28.1 Å². The van der Waals surface area contributed by atoms with Crippen molar-refractivity contribution in [2.45, 2.75) is 18.4 Å². The molecule has 0 aromatic heterocycles. The van der Waals surface area contributed by atoms with Gasteiger partial charge in [-0.2, -0.15) is 8.42 Å². The molecular formula is C29H22N2O8S2. The maximum atomic E-state index is 13.2. The number of carbonyl (C=O) groups excluding carboxylic acids is 2. The zero-order chi connectivity index (χ0) is 29.3. The molecule has 0 atom stereocenters. The van der Waals surface area contributed by atoms with Crippen molar-refractivity contribution in [2.75, 3.05) is 7.11 Å². The molecule has 0 spiro atoms. The molecule has 0 aliphatic carbocycles. The first-order valence-corrected chi connectivity index (χ1v) is 14.4. The predicted octanol–water partition coefficient (Wildman–Crippen LogP) is 6.07. The van der Waals surface area contributed by atoms with Crippen molar-refractivity contribution in [3.63, 3.8) is 0 Å². The van der Waals surface area contributed by atoms with Crippen LogP contribution < -0.4 is 8.92 Å². The average molecular weight is 591 g/mol. The van der Waals surface area contributed by atoms with Crippen molar-refractivity contribution in [2.24, 2.45) is 0 Å². The maximum absolute atomic E-state index is 13.2. The standard InChI is InChI=1S/C29H22N2O8S2/c1-18-10-12-22(16-24(18)31(34)35)41(36,37)39-25-13-11-19(14-26(25)38-2)15-27-28(32)30(29(33)40-27)17-21-8-5-7-20-6-3-4-9-23(20)21/h3-16H,17H2,1-2H3/b27-15-. The lowest BCUT2D eigenvalue weighted by molar-refractivity contribution is -0.385. The summed E-state index contributed by atoms with van der Waals surface area (Å²) in [7, 11) is -3.12. The van der Waals surface area contributed by atoms with Gasteiger partial charge >= 0.3 is 10.1 Å². The molecule has 0 bridgehead atoms. The highest BCUT2D eigenvalue weighted by Gasteiger charge is 2.35. The van der Waals surface area contributed by atoms with E-state index in [1.165, 1.54) is 55.3 Å². The van der Waals surface area contributed by atoms with Crippen molar-refractivity contribution in [3.8, 4) is 11.5 Å². The van der Waals surface area contributed by atoms with Crippen LogP contribution in [0.4, 0.5) is 10.5 Å². The number of fused-ring (bicyclic) bond motifs is 1. The summed E-state index contributed by atoms with van der Waals surface area (Å²) in [6.07, 6.45) is 1.51. The molecule has 0 unspecified atom stereocenters. The maximum Gasteiger partial charge on any atom is 0.339 e. The first-order chi connectivity index (χ1) is 19.6. The molecule has 4 aromatic carbocycles. The van der Waals surface area contributed by atoms with Crippen LogP contribution in [0.15, 0.2) is 88.7 Å². The van der Waals surface area contributed by atoms with Gasteiger partial charge in [0, 0.05) is 11.6 Å². The van der Waals surface area contributed by atoms with E-state index in [2.05, 4.69) is 0 Å². The highest BCUT2D eigenvalue weighted by molar-refractivity contribution is 8.18. The number of hydrogen-bond donors (Lipinski definition) is 0. The Labute approximate surface area is 239 Å². The van der Waals surface area contributed by atoms with Crippen molar-refractivity contribution >= 4 is 55.6 Å². The Morgan fingerprint density at radius 3 is 2.49 bits per heavy atom. The Kier molecular flexibility index (Phi) is 7.52. The number of thioether (sulfide) groups is 1. The number of nitro groups is 1. The van der Waals surface area contributed by atoms with Crippen LogP contribution in [-0.2, 0) is 21.5 Å². The second-order valence-corrected chi connectivity index (χ2v) is 11.6. The molecule has 1 aliphatic rings. The Bertz CT molecular complexity index is 1860. The second-order valence-electron chi connectivity index (χ2n) is 9.06. The molecule has 1 fully saturated rings. The molecule has 5 rings (SSSR count). The van der Waals surface area contributed by atoms with Gasteiger partial charge in [0.2, 0.25) is 0 Å². The van der Waals surface area contributed by atoms with Crippen LogP contribution in [0.1, 0.15) is 16.7 Å². The van der Waals surface area contributed by atoms with Crippen LogP contribution in [0, 0.1) is 17.0 Å². The average Bonchev–Trinajstić information content (AvgIpc) is 3.21. The van der Waals surface area contributed by atoms with Gasteiger partial charge in [0.15, 0.2) is 11.5 Å². The van der Waals surface area contributed by atoms with Crippen LogP contribution in [-0.4, -0.2) is 36.5 Å². The third kappa shape index (κ3) is 5.65. The Hall–Kier alpha value is -4.68. The van der Waals surface area contributed by atoms with Crippen LogP contribution >= 0.6 is 11.8 Å². The van der Waals surface area contributed by atoms with E-state index < -0.39 is 26.2 Å². The molecule has 10 nitrogen and oxygen atoms in total. The minimum absolute atomic E-state index is 0.0407. The van der Waals surface area contributed by atoms with Crippen LogP contribution in [0.2, 0.25) is 0 Å². The minimum Gasteiger partial charge on any atom is -0.493 e. The predicted molar refractivity (Wildman–Crippen MR) is 154 cm³/mol. The number of imide groups is 1. The lowest BCUT2D eigenvalue weighted by Crippen LogP contribution is -2.27. The quantitative estimate of drug-likeness (QED) is 0.104. The number of carbonyl (C=O) groups is 2. The minimum atomic E-state index is -4.43. The van der Waals surface area contributed by atoms with Gasteiger partial charge in [-0.3, -0.25) is 24.6 Å². The summed E-state index contributed by atoms with van der Waals surface area (Å²) in [5.41, 5.74) is 1.26. The fourth-order valence-corrected chi connectivity index (χ4v) is 6.14. The molecule has 2 amide bonds. The number of amides is 2. The summed E-state index contributed by atoms with van der Waals surface area (Å²) in [6, 6.07) is 21.2. The highest BCUT2D eigenvalue weighted by atomic mass is 32.2. The van der Waals surface area contributed by atoms with Gasteiger partial charge in [0.1, 0.15) is 4.90 Å². The van der Waals surface area contributed by atoms with Gasteiger partial charge in [0.05, 0.1) is 23.5 Å². The Morgan fingerprint density at radius 2 is 1.73 bits per heavy atom. The van der Waals surface area contributed by atoms with Gasteiger partial charge in [0.25, 0.3) is 16.8 Å². The van der Waals surface area contributed by atoms with Gasteiger partial charge in [-0.15, -0.1) is 0 Å². The number of nitro benzene ring substituents is 1. The van der Waals surface area contributed by atoms with Crippen LogP contribution in [0.5, 0.6) is 11.5 Å². The lowest BCUT2D eigenvalue weighted by atomic mass is 10.0. The van der Waals surface area contributed by atoms with Crippen molar-refractivity contribution in [1.82, 2.24) is 4.90 Å². The van der Waals surface area contributed by atoms with Crippen molar-refractivity contribution in [3.05, 3.63) is 111 Å². The SMILES string of the molecule is COc1cc(/C=C2\SC(=O)N(Cc3cccc4ccccc34)C2=O)ccc1OS(=O)(=O)c1ccc(C)c([N+](=O)[O-])c1. The van der Waals surface area contributed by atoms with E-state index in [1.54, 1.807) is 0 Å². The second kappa shape index (κ2) is 11.1. The fourth-order valence-electron chi connectivity index (χ4n) is 4.34. The first kappa shape index (κ1) is 27.9. The largest absolute Gasteiger partial charge is 0.493 e. The number of benzene rings is 4. The van der Waals surface area contributed by atoms with E-state index in [-0.39, 0.29) is 33.5 Å². The van der Waals surface area contributed by atoms with Gasteiger partial charge < -0.3 is 8.92 Å². The summed E-state index contributed by atoms with van der Waals surface area (Å²) in [5.74, 6) is -0.563. The van der Waals surface area contributed by atoms with E-state index in [1.807, 2.05) is 42.5 Å². The zero-order valence-electron chi connectivity index (χ0n) is 21.8. The smallest absolute Gasteiger partial charge is 0.339 e. The molecule has 0 radical (unpaired) electrons. The highest BCUT2D eigenvalue weighted by Crippen LogP contribution is 2.37. The normalized spacial score (nSPS) is 14.6. The molecule has 208 valence electrons. The zero-order valence-corrected chi connectivity index (χ0v) is 23.4. The Morgan fingerprint density at radius 1 is 0.976 bits per heavy atom. The monoisotopic (exact) mass is 590 g/mol. The molecule has 1 saturated heterocycles. The Balaban J connectivity index is 1.38. The van der Waals surface area contributed by atoms with Gasteiger partial charge in [-0.25, -0.2) is 0 Å². The number of nitrogens with zero attached hydrogens (tertiary/aromatic N) is 2. The molecule has 1 aliphatic heterocycles. The number of hydrogen-bond acceptors (Lipinski definition) is 9.